The molecule has 2 heterocycles. The van der Waals surface area contributed by atoms with Crippen LogP contribution in [0.4, 0.5) is 5.00 Å². The lowest BCUT2D eigenvalue weighted by Crippen LogP contribution is -2.29. The molecule has 1 fully saturated rings. The monoisotopic (exact) mass is 314 g/mol. The second-order valence-electron chi connectivity index (χ2n) is 5.41. The first kappa shape index (κ1) is 14.8. The zero-order chi connectivity index (χ0) is 15.5. The second kappa shape index (κ2) is 6.32. The number of hydrogen-bond donors (Lipinski definition) is 1. The lowest BCUT2D eigenvalue weighted by atomic mass is 10.0. The number of nitrogens with zero attached hydrogens (tertiary/aromatic N) is 1. The minimum absolute atomic E-state index is 0.0490. The van der Waals surface area contributed by atoms with Gasteiger partial charge in [0.05, 0.1) is 15.9 Å². The van der Waals surface area contributed by atoms with Crippen LogP contribution in [0.15, 0.2) is 42.5 Å². The molecule has 1 N–H and O–H groups in total. The van der Waals surface area contributed by atoms with Crippen molar-refractivity contribution >= 4 is 28.2 Å². The van der Waals surface area contributed by atoms with Gasteiger partial charge in [0.1, 0.15) is 0 Å². The van der Waals surface area contributed by atoms with Crippen molar-refractivity contribution in [2.45, 2.75) is 25.8 Å². The van der Waals surface area contributed by atoms with Gasteiger partial charge in [-0.3, -0.25) is 9.59 Å². The van der Waals surface area contributed by atoms with Crippen LogP contribution in [-0.2, 0) is 4.79 Å². The summed E-state index contributed by atoms with van der Waals surface area (Å²) in [6.45, 7) is 2.25. The third kappa shape index (κ3) is 3.04. The predicted molar refractivity (Wildman–Crippen MR) is 88.1 cm³/mol. The average molecular weight is 314 g/mol. The van der Waals surface area contributed by atoms with Crippen molar-refractivity contribution in [3.05, 3.63) is 52.9 Å². The second-order valence-corrected chi connectivity index (χ2v) is 6.50. The maximum atomic E-state index is 12.8. The number of hydrogen-bond acceptors (Lipinski definition) is 3. The van der Waals surface area contributed by atoms with Gasteiger partial charge in [0.25, 0.3) is 5.91 Å². The maximum absolute atomic E-state index is 12.8. The number of rotatable bonds is 3. The van der Waals surface area contributed by atoms with Crippen LogP contribution in [0.1, 0.15) is 41.0 Å². The Morgan fingerprint density at radius 1 is 1.18 bits per heavy atom. The van der Waals surface area contributed by atoms with Gasteiger partial charge in [0.15, 0.2) is 0 Å². The highest BCUT2D eigenvalue weighted by atomic mass is 32.1. The fraction of sp³-hybridized carbons (Fsp3) is 0.294. The Morgan fingerprint density at radius 2 is 1.95 bits per heavy atom. The summed E-state index contributed by atoms with van der Waals surface area (Å²) in [6.07, 6.45) is 2.02. The van der Waals surface area contributed by atoms with E-state index >= 15 is 0 Å². The van der Waals surface area contributed by atoms with E-state index in [-0.39, 0.29) is 17.9 Å². The summed E-state index contributed by atoms with van der Waals surface area (Å²) in [5, 5.41) is 3.44. The van der Waals surface area contributed by atoms with Crippen molar-refractivity contribution in [1.29, 1.82) is 0 Å². The molecule has 1 aromatic carbocycles. The van der Waals surface area contributed by atoms with Crippen molar-refractivity contribution in [3.63, 3.8) is 0 Å². The Balaban J connectivity index is 1.79. The Bertz CT molecular complexity index is 681. The summed E-state index contributed by atoms with van der Waals surface area (Å²) in [5.74, 6) is -0.0721. The molecule has 114 valence electrons. The highest BCUT2D eigenvalue weighted by Crippen LogP contribution is 2.34. The predicted octanol–water partition coefficient (Wildman–Crippen LogP) is 3.68. The molecule has 0 spiro atoms. The molecule has 0 unspecified atom stereocenters. The van der Waals surface area contributed by atoms with Crippen LogP contribution in [0.25, 0.3) is 0 Å². The van der Waals surface area contributed by atoms with Crippen LogP contribution < -0.4 is 5.32 Å². The van der Waals surface area contributed by atoms with Gasteiger partial charge in [-0.2, -0.15) is 0 Å². The van der Waals surface area contributed by atoms with Crippen molar-refractivity contribution in [3.8, 4) is 0 Å². The summed E-state index contributed by atoms with van der Waals surface area (Å²) < 4.78 is 0. The number of benzene rings is 1. The number of carbonyl (C=O) groups excluding carboxylic acids is 2. The number of thiophene rings is 1. The molecular weight excluding hydrogens is 296 g/mol. The minimum atomic E-state index is -0.121. The van der Waals surface area contributed by atoms with E-state index < -0.39 is 0 Å². The normalized spacial score (nSPS) is 17.5. The summed E-state index contributed by atoms with van der Waals surface area (Å²) in [7, 11) is 0. The first-order valence-electron chi connectivity index (χ1n) is 7.38. The van der Waals surface area contributed by atoms with Gasteiger partial charge in [0, 0.05) is 13.5 Å². The van der Waals surface area contributed by atoms with Gasteiger partial charge >= 0.3 is 0 Å². The fourth-order valence-corrected chi connectivity index (χ4v) is 3.77. The molecule has 0 aliphatic carbocycles. The number of anilines is 1. The number of nitrogens with one attached hydrogen (secondary N) is 1. The molecule has 2 amide bonds. The van der Waals surface area contributed by atoms with Crippen LogP contribution in [0.2, 0.25) is 0 Å². The zero-order valence-corrected chi connectivity index (χ0v) is 13.2. The van der Waals surface area contributed by atoms with E-state index in [4.69, 9.17) is 0 Å². The first-order chi connectivity index (χ1) is 10.6. The first-order valence-corrected chi connectivity index (χ1v) is 8.20. The van der Waals surface area contributed by atoms with E-state index in [1.165, 1.54) is 23.8 Å². The molecule has 1 saturated heterocycles. The molecule has 22 heavy (non-hydrogen) atoms. The van der Waals surface area contributed by atoms with Crippen LogP contribution in [-0.4, -0.2) is 23.3 Å². The van der Waals surface area contributed by atoms with Gasteiger partial charge < -0.3 is 10.2 Å². The Labute approximate surface area is 133 Å². The highest BCUT2D eigenvalue weighted by molar-refractivity contribution is 7.18. The Hall–Kier alpha value is -2.14. The van der Waals surface area contributed by atoms with Gasteiger partial charge in [-0.1, -0.05) is 30.3 Å². The van der Waals surface area contributed by atoms with Gasteiger partial charge in [-0.05, 0) is 30.5 Å². The van der Waals surface area contributed by atoms with Crippen molar-refractivity contribution in [2.75, 3.05) is 11.9 Å². The average Bonchev–Trinajstić information content (AvgIpc) is 3.16. The molecule has 5 heteroatoms. The van der Waals surface area contributed by atoms with Crippen LogP contribution in [0.3, 0.4) is 0 Å². The molecule has 0 bridgehead atoms. The summed E-state index contributed by atoms with van der Waals surface area (Å²) >= 11 is 1.33. The third-order valence-electron chi connectivity index (χ3n) is 3.81. The van der Waals surface area contributed by atoms with E-state index in [9.17, 15) is 9.59 Å². The molecule has 4 nitrogen and oxygen atoms in total. The number of amides is 2. The Kier molecular flexibility index (Phi) is 4.24. The van der Waals surface area contributed by atoms with E-state index in [2.05, 4.69) is 17.4 Å². The molecule has 1 aliphatic heterocycles. The van der Waals surface area contributed by atoms with Crippen LogP contribution >= 0.6 is 11.3 Å². The van der Waals surface area contributed by atoms with E-state index in [1.807, 2.05) is 23.1 Å². The topological polar surface area (TPSA) is 49.4 Å². The fourth-order valence-electron chi connectivity index (χ4n) is 2.87. The van der Waals surface area contributed by atoms with Crippen LogP contribution in [0, 0.1) is 0 Å². The molecule has 0 saturated carbocycles. The van der Waals surface area contributed by atoms with E-state index in [0.29, 0.717) is 9.88 Å². The van der Waals surface area contributed by atoms with Crippen molar-refractivity contribution in [2.24, 2.45) is 0 Å². The molecule has 1 aliphatic rings. The SMILES string of the molecule is CC(=O)Nc1ccc(C(=O)N2CCC[C@@H]2c2ccccc2)s1. The molecule has 3 rings (SSSR count). The Morgan fingerprint density at radius 3 is 2.68 bits per heavy atom. The maximum Gasteiger partial charge on any atom is 0.264 e. The molecule has 0 radical (unpaired) electrons. The van der Waals surface area contributed by atoms with E-state index in [0.717, 1.165) is 19.4 Å². The van der Waals surface area contributed by atoms with Gasteiger partial charge in [-0.25, -0.2) is 0 Å². The van der Waals surface area contributed by atoms with Crippen molar-refractivity contribution in [1.82, 2.24) is 4.90 Å². The molecule has 1 aromatic heterocycles. The summed E-state index contributed by atoms with van der Waals surface area (Å²) in [4.78, 5) is 26.5. The van der Waals surface area contributed by atoms with E-state index in [1.54, 1.807) is 12.1 Å². The molecular formula is C17H18N2O2S. The largest absolute Gasteiger partial charge is 0.331 e. The summed E-state index contributed by atoms with van der Waals surface area (Å²) in [6, 6.07) is 13.9. The zero-order valence-electron chi connectivity index (χ0n) is 12.4. The molecule has 2 aromatic rings. The quantitative estimate of drug-likeness (QED) is 0.939. The van der Waals surface area contributed by atoms with Gasteiger partial charge in [-0.15, -0.1) is 11.3 Å². The van der Waals surface area contributed by atoms with Gasteiger partial charge in [0.2, 0.25) is 5.91 Å². The standard InChI is InChI=1S/C17H18N2O2S/c1-12(20)18-16-10-9-15(22-16)17(21)19-11-5-8-14(19)13-6-3-2-4-7-13/h2-4,6-7,9-10,14H,5,8,11H2,1H3,(H,18,20)/t14-/m1/s1. The molecule has 1 atom stereocenters. The van der Waals surface area contributed by atoms with Crippen molar-refractivity contribution < 1.29 is 9.59 Å². The minimum Gasteiger partial charge on any atom is -0.331 e. The lowest BCUT2D eigenvalue weighted by molar-refractivity contribution is -0.114. The highest BCUT2D eigenvalue weighted by Gasteiger charge is 2.31. The summed E-state index contributed by atoms with van der Waals surface area (Å²) in [5.41, 5.74) is 1.19. The smallest absolute Gasteiger partial charge is 0.264 e. The van der Waals surface area contributed by atoms with Crippen LogP contribution in [0.5, 0.6) is 0 Å². The number of likely N-dealkylation sites (tertiary alicyclic amines) is 1. The number of carbonyl (C=O) groups is 2. The lowest BCUT2D eigenvalue weighted by Gasteiger charge is -2.24. The third-order valence-corrected chi connectivity index (χ3v) is 4.80.